The summed E-state index contributed by atoms with van der Waals surface area (Å²) in [4.78, 5) is 23.5. The Labute approximate surface area is 115 Å². The summed E-state index contributed by atoms with van der Waals surface area (Å²) in [5.74, 6) is 0.287. The standard InChI is InChI=1S/C13H16N4O3/c1-16-5-6-17(13(16)19)8-12(18)15-11-4-3-9(20-2)7-10(11)14/h3-7H,8,14H2,1-2H3,(H,15,18). The van der Waals surface area contributed by atoms with Crippen LogP contribution in [-0.4, -0.2) is 22.2 Å². The number of methoxy groups -OCH3 is 1. The fraction of sp³-hybridized carbons (Fsp3) is 0.231. The molecule has 0 aliphatic carbocycles. The highest BCUT2D eigenvalue weighted by Crippen LogP contribution is 2.23. The van der Waals surface area contributed by atoms with E-state index in [4.69, 9.17) is 10.5 Å². The predicted octanol–water partition coefficient (Wildman–Crippen LogP) is 0.416. The fourth-order valence-corrected chi connectivity index (χ4v) is 1.76. The Morgan fingerprint density at radius 2 is 2.15 bits per heavy atom. The van der Waals surface area contributed by atoms with Crippen LogP contribution in [0.3, 0.4) is 0 Å². The number of aromatic nitrogens is 2. The first-order valence-electron chi connectivity index (χ1n) is 5.96. The molecule has 0 radical (unpaired) electrons. The number of benzene rings is 1. The van der Waals surface area contributed by atoms with E-state index in [2.05, 4.69) is 5.32 Å². The van der Waals surface area contributed by atoms with E-state index in [9.17, 15) is 9.59 Å². The smallest absolute Gasteiger partial charge is 0.328 e. The predicted molar refractivity (Wildman–Crippen MR) is 75.7 cm³/mol. The van der Waals surface area contributed by atoms with Crippen LogP contribution < -0.4 is 21.5 Å². The van der Waals surface area contributed by atoms with Crippen LogP contribution in [0, 0.1) is 0 Å². The molecule has 0 aliphatic heterocycles. The van der Waals surface area contributed by atoms with Gasteiger partial charge in [-0.05, 0) is 12.1 Å². The number of nitrogens with zero attached hydrogens (tertiary/aromatic N) is 2. The summed E-state index contributed by atoms with van der Waals surface area (Å²) in [5, 5.41) is 2.66. The third-order valence-corrected chi connectivity index (χ3v) is 2.86. The summed E-state index contributed by atoms with van der Waals surface area (Å²) < 4.78 is 7.74. The zero-order valence-electron chi connectivity index (χ0n) is 11.3. The van der Waals surface area contributed by atoms with Gasteiger partial charge in [-0.25, -0.2) is 4.79 Å². The number of rotatable bonds is 4. The maximum absolute atomic E-state index is 11.9. The lowest BCUT2D eigenvalue weighted by Gasteiger charge is -2.09. The van der Waals surface area contributed by atoms with Gasteiger partial charge in [0.1, 0.15) is 12.3 Å². The van der Waals surface area contributed by atoms with Crippen LogP contribution in [0.15, 0.2) is 35.4 Å². The van der Waals surface area contributed by atoms with Crippen LogP contribution in [0.2, 0.25) is 0 Å². The van der Waals surface area contributed by atoms with Crippen molar-refractivity contribution in [2.45, 2.75) is 6.54 Å². The van der Waals surface area contributed by atoms with Gasteiger partial charge in [0.25, 0.3) is 0 Å². The summed E-state index contributed by atoms with van der Waals surface area (Å²) in [7, 11) is 3.16. The minimum atomic E-state index is -0.324. The molecule has 0 saturated heterocycles. The maximum Gasteiger partial charge on any atom is 0.328 e. The number of hydrogen-bond acceptors (Lipinski definition) is 4. The number of hydrogen-bond donors (Lipinski definition) is 2. The number of nitrogens with two attached hydrogens (primary N) is 1. The number of amides is 1. The fourth-order valence-electron chi connectivity index (χ4n) is 1.76. The van der Waals surface area contributed by atoms with Gasteiger partial charge in [0.2, 0.25) is 5.91 Å². The summed E-state index contributed by atoms with van der Waals surface area (Å²) in [5.41, 5.74) is 6.44. The van der Waals surface area contributed by atoms with Crippen LogP contribution in [0.4, 0.5) is 11.4 Å². The second kappa shape index (κ2) is 5.52. The second-order valence-electron chi connectivity index (χ2n) is 4.32. The molecular weight excluding hydrogens is 260 g/mol. The molecule has 1 heterocycles. The van der Waals surface area contributed by atoms with Crippen LogP contribution in [0.1, 0.15) is 0 Å². The molecule has 2 aromatic rings. The normalized spacial score (nSPS) is 10.3. The first-order valence-corrected chi connectivity index (χ1v) is 5.96. The number of imidazole rings is 1. The van der Waals surface area contributed by atoms with E-state index < -0.39 is 0 Å². The topological polar surface area (TPSA) is 91.3 Å². The van der Waals surface area contributed by atoms with Crippen molar-refractivity contribution in [3.63, 3.8) is 0 Å². The highest BCUT2D eigenvalue weighted by Gasteiger charge is 2.09. The number of nitrogen functional groups attached to an aromatic ring is 1. The summed E-state index contributed by atoms with van der Waals surface area (Å²) in [6.45, 7) is -0.0643. The molecule has 106 valence electrons. The summed E-state index contributed by atoms with van der Waals surface area (Å²) >= 11 is 0. The molecule has 0 saturated carbocycles. The molecule has 7 nitrogen and oxygen atoms in total. The molecule has 7 heteroatoms. The summed E-state index contributed by atoms with van der Waals surface area (Å²) in [6, 6.07) is 4.96. The van der Waals surface area contributed by atoms with Gasteiger partial charge < -0.3 is 20.4 Å². The van der Waals surface area contributed by atoms with Gasteiger partial charge >= 0.3 is 5.69 Å². The number of carbonyl (C=O) groups excluding carboxylic acids is 1. The van der Waals surface area contributed by atoms with Crippen LogP contribution in [-0.2, 0) is 18.4 Å². The average molecular weight is 276 g/mol. The number of aryl methyl sites for hydroxylation is 1. The molecule has 0 spiro atoms. The highest BCUT2D eigenvalue weighted by molar-refractivity contribution is 5.93. The van der Waals surface area contributed by atoms with E-state index in [0.29, 0.717) is 17.1 Å². The second-order valence-corrected chi connectivity index (χ2v) is 4.32. The molecule has 2 rings (SSSR count). The van der Waals surface area contributed by atoms with Gasteiger partial charge in [0, 0.05) is 25.5 Å². The molecule has 1 aromatic heterocycles. The van der Waals surface area contributed by atoms with Crippen molar-refractivity contribution in [1.29, 1.82) is 0 Å². The third kappa shape index (κ3) is 2.82. The van der Waals surface area contributed by atoms with Crippen molar-refractivity contribution in [1.82, 2.24) is 9.13 Å². The average Bonchev–Trinajstić information content (AvgIpc) is 2.73. The minimum absolute atomic E-state index is 0.0643. The maximum atomic E-state index is 11.9. The van der Waals surface area contributed by atoms with E-state index in [1.807, 2.05) is 0 Å². The molecule has 1 amide bonds. The number of anilines is 2. The molecule has 0 atom stereocenters. The van der Waals surface area contributed by atoms with Gasteiger partial charge in [-0.2, -0.15) is 0 Å². The lowest BCUT2D eigenvalue weighted by molar-refractivity contribution is -0.116. The van der Waals surface area contributed by atoms with E-state index in [1.165, 1.54) is 16.2 Å². The molecule has 0 aliphatic rings. The quantitative estimate of drug-likeness (QED) is 0.792. The first kappa shape index (κ1) is 13.7. The Balaban J connectivity index is 2.08. The van der Waals surface area contributed by atoms with Gasteiger partial charge in [-0.3, -0.25) is 9.36 Å². The van der Waals surface area contributed by atoms with Crippen molar-refractivity contribution in [3.8, 4) is 5.75 Å². The van der Waals surface area contributed by atoms with Gasteiger partial charge in [-0.15, -0.1) is 0 Å². The zero-order valence-corrected chi connectivity index (χ0v) is 11.3. The van der Waals surface area contributed by atoms with E-state index in [-0.39, 0.29) is 18.1 Å². The molecule has 20 heavy (non-hydrogen) atoms. The lowest BCUT2D eigenvalue weighted by atomic mass is 10.2. The minimum Gasteiger partial charge on any atom is -0.497 e. The Morgan fingerprint density at radius 1 is 1.40 bits per heavy atom. The van der Waals surface area contributed by atoms with E-state index in [0.717, 1.165) is 0 Å². The molecule has 0 unspecified atom stereocenters. The molecule has 0 fully saturated rings. The molecular formula is C13H16N4O3. The van der Waals surface area contributed by atoms with Crippen LogP contribution in [0.5, 0.6) is 5.75 Å². The van der Waals surface area contributed by atoms with Crippen LogP contribution in [0.25, 0.3) is 0 Å². The van der Waals surface area contributed by atoms with Crippen molar-refractivity contribution in [2.24, 2.45) is 7.05 Å². The van der Waals surface area contributed by atoms with Crippen molar-refractivity contribution in [2.75, 3.05) is 18.2 Å². The largest absolute Gasteiger partial charge is 0.497 e. The first-order chi connectivity index (χ1) is 9.51. The zero-order chi connectivity index (χ0) is 14.7. The monoisotopic (exact) mass is 276 g/mol. The van der Waals surface area contributed by atoms with Crippen molar-refractivity contribution >= 4 is 17.3 Å². The van der Waals surface area contributed by atoms with Crippen molar-refractivity contribution in [3.05, 3.63) is 41.1 Å². The van der Waals surface area contributed by atoms with E-state index in [1.54, 1.807) is 37.6 Å². The van der Waals surface area contributed by atoms with Crippen LogP contribution >= 0.6 is 0 Å². The summed E-state index contributed by atoms with van der Waals surface area (Å²) in [6.07, 6.45) is 3.15. The Hall–Kier alpha value is -2.70. The Bertz CT molecular complexity index is 687. The molecule has 3 N–H and O–H groups in total. The Morgan fingerprint density at radius 3 is 2.70 bits per heavy atom. The van der Waals surface area contributed by atoms with Gasteiger partial charge in [-0.1, -0.05) is 0 Å². The lowest BCUT2D eigenvalue weighted by Crippen LogP contribution is -2.28. The number of ether oxygens (including phenoxy) is 1. The molecule has 1 aromatic carbocycles. The highest BCUT2D eigenvalue weighted by atomic mass is 16.5. The Kier molecular flexibility index (Phi) is 3.79. The third-order valence-electron chi connectivity index (χ3n) is 2.86. The van der Waals surface area contributed by atoms with Crippen molar-refractivity contribution < 1.29 is 9.53 Å². The van der Waals surface area contributed by atoms with Gasteiger partial charge in [0.15, 0.2) is 0 Å². The SMILES string of the molecule is COc1ccc(NC(=O)Cn2ccn(C)c2=O)c(N)c1. The number of carbonyl (C=O) groups is 1. The number of nitrogens with one attached hydrogen (secondary N) is 1. The van der Waals surface area contributed by atoms with E-state index >= 15 is 0 Å². The molecule has 0 bridgehead atoms. The van der Waals surface area contributed by atoms with Gasteiger partial charge in [0.05, 0.1) is 18.5 Å².